The largest absolute Gasteiger partial charge is 0.390 e. The third-order valence-electron chi connectivity index (χ3n) is 6.35. The Hall–Kier alpha value is -1.90. The van der Waals surface area contributed by atoms with E-state index in [1.165, 1.54) is 25.7 Å². The lowest BCUT2D eigenvalue weighted by atomic mass is 10.0. The zero-order valence-corrected chi connectivity index (χ0v) is 18.7. The second kappa shape index (κ2) is 10.1. The minimum Gasteiger partial charge on any atom is -0.390 e. The first-order valence-electron chi connectivity index (χ1n) is 11.3. The lowest BCUT2D eigenvalue weighted by molar-refractivity contribution is -0.136. The quantitative estimate of drug-likeness (QED) is 0.326. The molecule has 2 N–H and O–H groups in total. The summed E-state index contributed by atoms with van der Waals surface area (Å²) in [7, 11) is 0. The summed E-state index contributed by atoms with van der Waals surface area (Å²) >= 11 is 1.79. The first kappa shape index (κ1) is 22.3. The molecule has 8 heteroatoms. The molecule has 3 aliphatic rings. The minimum atomic E-state index is -0.560. The number of carbonyl (C=O) groups excluding carboxylic acids is 3. The van der Waals surface area contributed by atoms with Crippen molar-refractivity contribution in [1.82, 2.24) is 15.1 Å². The Morgan fingerprint density at radius 3 is 2.61 bits per heavy atom. The van der Waals surface area contributed by atoms with E-state index in [1.807, 2.05) is 12.1 Å². The second-order valence-corrected chi connectivity index (χ2v) is 9.85. The Labute approximate surface area is 187 Å². The molecule has 168 valence electrons. The van der Waals surface area contributed by atoms with Crippen molar-refractivity contribution in [2.45, 2.75) is 68.5 Å². The van der Waals surface area contributed by atoms with Gasteiger partial charge in [0.2, 0.25) is 11.8 Å². The van der Waals surface area contributed by atoms with Crippen LogP contribution in [0.25, 0.3) is 0 Å². The summed E-state index contributed by atoms with van der Waals surface area (Å²) < 4.78 is 0. The van der Waals surface area contributed by atoms with Crippen molar-refractivity contribution < 1.29 is 19.5 Å². The van der Waals surface area contributed by atoms with Crippen LogP contribution in [0.5, 0.6) is 0 Å². The fraction of sp³-hybridized carbons (Fsp3) is 0.609. The predicted octanol–water partition coefficient (Wildman–Crippen LogP) is 2.17. The third kappa shape index (κ3) is 5.30. The number of hydrogen-bond acceptors (Lipinski definition) is 6. The van der Waals surface area contributed by atoms with Crippen molar-refractivity contribution in [3.05, 3.63) is 29.3 Å². The van der Waals surface area contributed by atoms with Crippen LogP contribution in [0.4, 0.5) is 0 Å². The molecular weight excluding hydrogens is 414 g/mol. The highest BCUT2D eigenvalue weighted by Gasteiger charge is 2.39. The van der Waals surface area contributed by atoms with Gasteiger partial charge in [-0.2, -0.15) is 0 Å². The number of nitrogens with zero attached hydrogens (tertiary/aromatic N) is 2. The molecule has 31 heavy (non-hydrogen) atoms. The summed E-state index contributed by atoms with van der Waals surface area (Å²) in [6, 6.07) is 5.26. The van der Waals surface area contributed by atoms with Crippen LogP contribution in [0.1, 0.15) is 60.9 Å². The van der Waals surface area contributed by atoms with Gasteiger partial charge in [0.05, 0.1) is 6.10 Å². The van der Waals surface area contributed by atoms with Crippen LogP contribution in [0.2, 0.25) is 0 Å². The summed E-state index contributed by atoms with van der Waals surface area (Å²) in [5.74, 6) is 0.279. The molecule has 3 heterocycles. The molecule has 2 saturated heterocycles. The molecule has 0 radical (unpaired) electrons. The molecule has 3 aliphatic heterocycles. The Bertz CT molecular complexity index is 840. The molecule has 1 aromatic carbocycles. The monoisotopic (exact) mass is 445 g/mol. The van der Waals surface area contributed by atoms with Crippen molar-refractivity contribution in [2.24, 2.45) is 0 Å². The molecule has 1 unspecified atom stereocenters. The number of hydrogen-bond donors (Lipinski definition) is 2. The number of amides is 3. The first-order valence-corrected chi connectivity index (χ1v) is 12.3. The topological polar surface area (TPSA) is 90.0 Å². The van der Waals surface area contributed by atoms with Gasteiger partial charge in [0, 0.05) is 36.5 Å². The third-order valence-corrected chi connectivity index (χ3v) is 7.54. The standard InChI is InChI=1S/C23H31N3O4S/c27-16-13-25(14-16)11-4-2-1-3-5-12-31-20-8-6-7-17-18(20)15-26(23(17)30)19-9-10-21(28)24-22(19)29/h6-8,16,19,27H,1-5,9-15H2,(H,24,28,29). The molecule has 0 aromatic heterocycles. The van der Waals surface area contributed by atoms with Gasteiger partial charge in [0.1, 0.15) is 6.04 Å². The Morgan fingerprint density at radius 2 is 1.84 bits per heavy atom. The van der Waals surface area contributed by atoms with Crippen LogP contribution >= 0.6 is 11.8 Å². The van der Waals surface area contributed by atoms with Gasteiger partial charge in [-0.25, -0.2) is 0 Å². The number of aliphatic hydroxyl groups excluding tert-OH is 1. The van der Waals surface area contributed by atoms with E-state index in [2.05, 4.69) is 16.3 Å². The van der Waals surface area contributed by atoms with Crippen LogP contribution in [-0.2, 0) is 16.1 Å². The summed E-state index contributed by atoms with van der Waals surface area (Å²) in [5.41, 5.74) is 1.70. The minimum absolute atomic E-state index is 0.108. The molecule has 2 fully saturated rings. The van der Waals surface area contributed by atoms with Crippen molar-refractivity contribution in [3.8, 4) is 0 Å². The van der Waals surface area contributed by atoms with Crippen LogP contribution < -0.4 is 5.32 Å². The summed E-state index contributed by atoms with van der Waals surface area (Å²) in [4.78, 5) is 41.6. The van der Waals surface area contributed by atoms with E-state index in [0.29, 0.717) is 18.5 Å². The SMILES string of the molecule is O=C1CCC(N2Cc3c(SCCCCCCCN4CC(O)C4)cccc3C2=O)C(=O)N1. The lowest BCUT2D eigenvalue weighted by Gasteiger charge is -2.35. The molecule has 7 nitrogen and oxygen atoms in total. The van der Waals surface area contributed by atoms with Gasteiger partial charge < -0.3 is 10.0 Å². The summed E-state index contributed by atoms with van der Waals surface area (Å²) in [6.45, 7) is 3.21. The number of nitrogens with one attached hydrogen (secondary N) is 1. The molecule has 1 atom stereocenters. The van der Waals surface area contributed by atoms with E-state index in [4.69, 9.17) is 0 Å². The Kier molecular flexibility index (Phi) is 7.30. The number of carbonyl (C=O) groups is 3. The van der Waals surface area contributed by atoms with Gasteiger partial charge in [-0.05, 0) is 49.3 Å². The van der Waals surface area contributed by atoms with Crippen LogP contribution in [-0.4, -0.2) is 70.2 Å². The van der Waals surface area contributed by atoms with Gasteiger partial charge in [0.15, 0.2) is 0 Å². The number of unbranched alkanes of at least 4 members (excludes halogenated alkanes) is 4. The Morgan fingerprint density at radius 1 is 1.06 bits per heavy atom. The number of imide groups is 1. The van der Waals surface area contributed by atoms with E-state index in [1.54, 1.807) is 16.7 Å². The Balaban J connectivity index is 1.20. The normalized spacial score (nSPS) is 21.9. The molecular formula is C23H31N3O4S. The van der Waals surface area contributed by atoms with E-state index in [-0.39, 0.29) is 30.2 Å². The highest BCUT2D eigenvalue weighted by molar-refractivity contribution is 7.99. The average molecular weight is 446 g/mol. The van der Waals surface area contributed by atoms with Crippen molar-refractivity contribution in [2.75, 3.05) is 25.4 Å². The highest BCUT2D eigenvalue weighted by atomic mass is 32.2. The average Bonchev–Trinajstić information content (AvgIpc) is 3.05. The fourth-order valence-corrected chi connectivity index (χ4v) is 5.66. The highest BCUT2D eigenvalue weighted by Crippen LogP contribution is 2.34. The summed E-state index contributed by atoms with van der Waals surface area (Å²) in [6.07, 6.45) is 6.56. The lowest BCUT2D eigenvalue weighted by Crippen LogP contribution is -2.52. The van der Waals surface area contributed by atoms with Crippen LogP contribution in [0, 0.1) is 0 Å². The van der Waals surface area contributed by atoms with Gasteiger partial charge in [0.25, 0.3) is 5.91 Å². The molecule has 3 amide bonds. The van der Waals surface area contributed by atoms with Gasteiger partial charge >= 0.3 is 0 Å². The molecule has 0 aliphatic carbocycles. The van der Waals surface area contributed by atoms with Gasteiger partial charge in [-0.1, -0.05) is 25.3 Å². The second-order valence-electron chi connectivity index (χ2n) is 8.71. The summed E-state index contributed by atoms with van der Waals surface area (Å²) in [5, 5.41) is 11.6. The van der Waals surface area contributed by atoms with Crippen molar-refractivity contribution >= 4 is 29.5 Å². The zero-order chi connectivity index (χ0) is 21.8. The van der Waals surface area contributed by atoms with Crippen LogP contribution in [0.15, 0.2) is 23.1 Å². The molecule has 4 rings (SSSR count). The molecule has 0 saturated carbocycles. The number of piperidine rings is 1. The first-order chi connectivity index (χ1) is 15.0. The number of benzene rings is 1. The van der Waals surface area contributed by atoms with E-state index >= 15 is 0 Å². The smallest absolute Gasteiger partial charge is 0.255 e. The number of thioether (sulfide) groups is 1. The van der Waals surface area contributed by atoms with Gasteiger partial charge in [-0.3, -0.25) is 24.6 Å². The van der Waals surface area contributed by atoms with E-state index in [0.717, 1.165) is 42.3 Å². The maximum absolute atomic E-state index is 12.9. The number of rotatable bonds is 10. The number of fused-ring (bicyclic) bond motifs is 1. The fourth-order valence-electron chi connectivity index (χ4n) is 4.57. The van der Waals surface area contributed by atoms with Crippen molar-refractivity contribution in [1.29, 1.82) is 0 Å². The predicted molar refractivity (Wildman–Crippen MR) is 119 cm³/mol. The van der Waals surface area contributed by atoms with Crippen molar-refractivity contribution in [3.63, 3.8) is 0 Å². The zero-order valence-electron chi connectivity index (χ0n) is 17.8. The van der Waals surface area contributed by atoms with E-state index in [9.17, 15) is 19.5 Å². The number of likely N-dealkylation sites (tertiary alicyclic amines) is 1. The van der Waals surface area contributed by atoms with E-state index < -0.39 is 6.04 Å². The van der Waals surface area contributed by atoms with Crippen LogP contribution in [0.3, 0.4) is 0 Å². The maximum atomic E-state index is 12.9. The number of aliphatic hydroxyl groups is 1. The number of β-amino-alcohol motifs (C(OH)–C–C–N with tert-alkyl or cyclic N) is 1. The molecule has 1 aromatic rings. The molecule has 0 bridgehead atoms. The maximum Gasteiger partial charge on any atom is 0.255 e. The molecule has 0 spiro atoms. The van der Waals surface area contributed by atoms with Gasteiger partial charge in [-0.15, -0.1) is 11.8 Å².